The number of thiophene rings is 1. The normalized spacial score (nSPS) is 22.7. The lowest BCUT2D eigenvalue weighted by atomic mass is 9.89. The largest absolute Gasteiger partial charge is 0.299 e. The van der Waals surface area contributed by atoms with Crippen molar-refractivity contribution >= 4 is 11.3 Å². The Labute approximate surface area is 215 Å². The summed E-state index contributed by atoms with van der Waals surface area (Å²) in [5.74, 6) is 1.61. The second-order valence-electron chi connectivity index (χ2n) is 11.0. The topological polar surface area (TPSA) is 34.0 Å². The van der Waals surface area contributed by atoms with Gasteiger partial charge in [-0.25, -0.2) is 4.68 Å². The maximum Gasteiger partial charge on any atom is 0.123 e. The molecule has 1 saturated heterocycles. The van der Waals surface area contributed by atoms with Crippen molar-refractivity contribution < 1.29 is 0 Å². The van der Waals surface area contributed by atoms with E-state index < -0.39 is 0 Å². The molecule has 5 heteroatoms. The van der Waals surface area contributed by atoms with Crippen LogP contribution in [0.15, 0.2) is 42.6 Å². The molecule has 0 bridgehead atoms. The number of hydrogen-bond donors (Lipinski definition) is 0. The maximum atomic E-state index is 4.65. The Morgan fingerprint density at radius 3 is 2.51 bits per heavy atom. The van der Waals surface area contributed by atoms with E-state index in [1.165, 1.54) is 98.2 Å². The fourth-order valence-corrected chi connectivity index (χ4v) is 7.07. The monoisotopic (exact) mass is 490 g/mol. The molecule has 5 rings (SSSR count). The van der Waals surface area contributed by atoms with E-state index in [4.69, 9.17) is 0 Å². The van der Waals surface area contributed by atoms with Crippen LogP contribution in [0.25, 0.3) is 21.0 Å². The second-order valence-corrected chi connectivity index (χ2v) is 12.1. The molecule has 4 nitrogen and oxygen atoms in total. The number of piperidine rings is 1. The van der Waals surface area contributed by atoms with Gasteiger partial charge in [0.05, 0.1) is 17.1 Å². The van der Waals surface area contributed by atoms with Crippen LogP contribution >= 0.6 is 11.3 Å². The molecule has 1 saturated carbocycles. The number of aromatic nitrogens is 3. The molecule has 0 spiro atoms. The van der Waals surface area contributed by atoms with Crippen molar-refractivity contribution in [3.63, 3.8) is 0 Å². The Morgan fingerprint density at radius 2 is 1.71 bits per heavy atom. The van der Waals surface area contributed by atoms with Gasteiger partial charge in [-0.05, 0) is 80.3 Å². The van der Waals surface area contributed by atoms with E-state index in [9.17, 15) is 0 Å². The highest BCUT2D eigenvalue weighted by atomic mass is 32.1. The first-order chi connectivity index (χ1) is 17.2. The van der Waals surface area contributed by atoms with E-state index in [0.717, 1.165) is 24.1 Å². The van der Waals surface area contributed by atoms with Gasteiger partial charge in [0, 0.05) is 11.4 Å². The van der Waals surface area contributed by atoms with Crippen molar-refractivity contribution in [2.75, 3.05) is 13.1 Å². The number of hydrogen-bond acceptors (Lipinski definition) is 4. The molecular weight excluding hydrogens is 448 g/mol. The minimum absolute atomic E-state index is 0.485. The summed E-state index contributed by atoms with van der Waals surface area (Å²) in [5.41, 5.74) is 3.74. The first kappa shape index (κ1) is 24.7. The first-order valence-corrected chi connectivity index (χ1v) is 14.8. The summed E-state index contributed by atoms with van der Waals surface area (Å²) in [5, 5.41) is 9.28. The van der Waals surface area contributed by atoms with E-state index in [-0.39, 0.29) is 0 Å². The van der Waals surface area contributed by atoms with Gasteiger partial charge < -0.3 is 0 Å². The second kappa shape index (κ2) is 11.8. The zero-order chi connectivity index (χ0) is 24.0. The van der Waals surface area contributed by atoms with Crippen LogP contribution in [0.5, 0.6) is 0 Å². The number of nitrogens with zero attached hydrogens (tertiary/aromatic N) is 4. The molecule has 35 heavy (non-hydrogen) atoms. The standard InChI is InChI=1S/C30H42N4S/c1-3-8-28(25-10-7-9-23(2)11-14-25)34-22-27(31-32-34)30-18-17-29(35-30)26-15-12-24(13-16-26)21-33-19-5-4-6-20-33/h12-13,15-18,22-23,25,28H,3-11,14,19-21H2,1-2H3. The van der Waals surface area contributed by atoms with Gasteiger partial charge in [0.2, 0.25) is 0 Å². The van der Waals surface area contributed by atoms with Crippen molar-refractivity contribution in [1.29, 1.82) is 0 Å². The Morgan fingerprint density at radius 1 is 0.914 bits per heavy atom. The first-order valence-electron chi connectivity index (χ1n) is 14.0. The van der Waals surface area contributed by atoms with E-state index in [1.54, 1.807) is 0 Å². The van der Waals surface area contributed by atoms with Gasteiger partial charge >= 0.3 is 0 Å². The Hall–Kier alpha value is -1.98. The van der Waals surface area contributed by atoms with Crippen LogP contribution in [-0.2, 0) is 6.54 Å². The molecule has 3 atom stereocenters. The number of benzene rings is 1. The van der Waals surface area contributed by atoms with E-state index in [2.05, 4.69) is 76.3 Å². The number of rotatable bonds is 8. The molecule has 188 valence electrons. The van der Waals surface area contributed by atoms with Crippen LogP contribution in [0.4, 0.5) is 0 Å². The molecule has 3 unspecified atom stereocenters. The van der Waals surface area contributed by atoms with Gasteiger partial charge in [-0.3, -0.25) is 4.90 Å². The fourth-order valence-electron chi connectivity index (χ4n) is 6.11. The third-order valence-electron chi connectivity index (χ3n) is 8.23. The van der Waals surface area contributed by atoms with E-state index in [0.29, 0.717) is 6.04 Å². The third-order valence-corrected chi connectivity index (χ3v) is 9.39. The molecule has 2 aliphatic rings. The molecule has 3 heterocycles. The Balaban J connectivity index is 1.27. The molecule has 0 radical (unpaired) electrons. The lowest BCUT2D eigenvalue weighted by Crippen LogP contribution is -2.28. The third kappa shape index (κ3) is 6.24. The van der Waals surface area contributed by atoms with Crippen molar-refractivity contribution in [3.8, 4) is 21.0 Å². The zero-order valence-corrected chi connectivity index (χ0v) is 22.5. The van der Waals surface area contributed by atoms with Crippen LogP contribution in [0, 0.1) is 11.8 Å². The van der Waals surface area contributed by atoms with Gasteiger partial charge in [-0.2, -0.15) is 0 Å². The molecule has 3 aromatic rings. The van der Waals surface area contributed by atoms with Crippen LogP contribution in [-0.4, -0.2) is 33.0 Å². The minimum atomic E-state index is 0.485. The van der Waals surface area contributed by atoms with Gasteiger partial charge in [-0.1, -0.05) is 75.4 Å². The quantitative estimate of drug-likeness (QED) is 0.298. The zero-order valence-electron chi connectivity index (χ0n) is 21.7. The predicted molar refractivity (Wildman–Crippen MR) is 148 cm³/mol. The average Bonchev–Trinajstić information content (AvgIpc) is 3.51. The summed E-state index contributed by atoms with van der Waals surface area (Å²) in [7, 11) is 0. The van der Waals surface area contributed by atoms with Crippen LogP contribution < -0.4 is 0 Å². The molecule has 1 aromatic carbocycles. The van der Waals surface area contributed by atoms with Crippen molar-refractivity contribution in [2.45, 2.75) is 90.6 Å². The molecule has 0 amide bonds. The molecule has 2 aromatic heterocycles. The lowest BCUT2D eigenvalue weighted by Gasteiger charge is -2.26. The summed E-state index contributed by atoms with van der Waals surface area (Å²) < 4.78 is 2.20. The summed E-state index contributed by atoms with van der Waals surface area (Å²) in [6.07, 6.45) is 15.5. The fraction of sp³-hybridized carbons (Fsp3) is 0.600. The van der Waals surface area contributed by atoms with Crippen molar-refractivity contribution in [1.82, 2.24) is 19.9 Å². The predicted octanol–water partition coefficient (Wildman–Crippen LogP) is 8.22. The highest BCUT2D eigenvalue weighted by molar-refractivity contribution is 7.18. The summed E-state index contributed by atoms with van der Waals surface area (Å²) in [6, 6.07) is 14.1. The molecule has 2 fully saturated rings. The maximum absolute atomic E-state index is 4.65. The smallest absolute Gasteiger partial charge is 0.123 e. The van der Waals surface area contributed by atoms with Crippen molar-refractivity contribution in [2.24, 2.45) is 11.8 Å². The summed E-state index contributed by atoms with van der Waals surface area (Å²) in [4.78, 5) is 5.11. The highest BCUT2D eigenvalue weighted by Gasteiger charge is 2.26. The molecule has 0 N–H and O–H groups in total. The van der Waals surface area contributed by atoms with Crippen LogP contribution in [0.1, 0.15) is 89.7 Å². The van der Waals surface area contributed by atoms with E-state index in [1.807, 2.05) is 11.3 Å². The summed E-state index contributed by atoms with van der Waals surface area (Å²) >= 11 is 1.83. The van der Waals surface area contributed by atoms with Crippen molar-refractivity contribution in [3.05, 3.63) is 48.2 Å². The van der Waals surface area contributed by atoms with Gasteiger partial charge in [0.1, 0.15) is 5.69 Å². The number of likely N-dealkylation sites (tertiary alicyclic amines) is 1. The van der Waals surface area contributed by atoms with Crippen LogP contribution in [0.2, 0.25) is 0 Å². The average molecular weight is 491 g/mol. The Bertz CT molecular complexity index is 1050. The van der Waals surface area contributed by atoms with Gasteiger partial charge in [0.15, 0.2) is 0 Å². The molecule has 1 aliphatic carbocycles. The highest BCUT2D eigenvalue weighted by Crippen LogP contribution is 2.38. The minimum Gasteiger partial charge on any atom is -0.299 e. The Kier molecular flexibility index (Phi) is 8.35. The van der Waals surface area contributed by atoms with Gasteiger partial charge in [0.25, 0.3) is 0 Å². The summed E-state index contributed by atoms with van der Waals surface area (Å²) in [6.45, 7) is 8.29. The SMILES string of the molecule is CCCC(C1CCCC(C)CC1)n1cc(-c2ccc(-c3ccc(CN4CCCCC4)cc3)s2)nn1. The molecule has 1 aliphatic heterocycles. The lowest BCUT2D eigenvalue weighted by molar-refractivity contribution is 0.221. The molecular formula is C30H42N4S. The van der Waals surface area contributed by atoms with Gasteiger partial charge in [-0.15, -0.1) is 16.4 Å². The van der Waals surface area contributed by atoms with Crippen LogP contribution in [0.3, 0.4) is 0 Å². The van der Waals surface area contributed by atoms with E-state index >= 15 is 0 Å².